The fourth-order valence-electron chi connectivity index (χ4n) is 2.57. The van der Waals surface area contributed by atoms with E-state index in [0.29, 0.717) is 32.0 Å². The number of hydrogen-bond acceptors (Lipinski definition) is 4. The first-order chi connectivity index (χ1) is 13.5. The molecule has 9 heteroatoms. The summed E-state index contributed by atoms with van der Waals surface area (Å²) >= 11 is 0. The monoisotopic (exact) mass is 532 g/mol. The molecule has 29 heavy (non-hydrogen) atoms. The van der Waals surface area contributed by atoms with Crippen LogP contribution in [0.3, 0.4) is 0 Å². The fraction of sp³-hybridized carbons (Fsp3) is 0.350. The van der Waals surface area contributed by atoms with Crippen molar-refractivity contribution in [2.45, 2.75) is 30.9 Å². The summed E-state index contributed by atoms with van der Waals surface area (Å²) < 4.78 is 25.8. The number of nitrogens with zero attached hydrogens (tertiary/aromatic N) is 1. The van der Waals surface area contributed by atoms with Crippen LogP contribution in [-0.2, 0) is 16.6 Å². The summed E-state index contributed by atoms with van der Waals surface area (Å²) in [7, 11) is -2.05. The van der Waals surface area contributed by atoms with Gasteiger partial charge in [0.15, 0.2) is 5.96 Å². The smallest absolute Gasteiger partial charge is 0.240 e. The molecule has 1 atom stereocenters. The lowest BCUT2D eigenvalue weighted by Gasteiger charge is -2.14. The van der Waals surface area contributed by atoms with Gasteiger partial charge >= 0.3 is 0 Å². The van der Waals surface area contributed by atoms with Gasteiger partial charge in [0.05, 0.1) is 17.5 Å². The second-order valence-electron chi connectivity index (χ2n) is 6.19. The molecule has 2 aromatic carbocycles. The quantitative estimate of drug-likeness (QED) is 0.226. The van der Waals surface area contributed by atoms with E-state index in [4.69, 9.17) is 0 Å². The van der Waals surface area contributed by atoms with Gasteiger partial charge < -0.3 is 15.7 Å². The van der Waals surface area contributed by atoms with Crippen molar-refractivity contribution in [3.8, 4) is 0 Å². The normalized spacial score (nSPS) is 12.7. The molecule has 160 valence electrons. The van der Waals surface area contributed by atoms with E-state index in [2.05, 4.69) is 20.3 Å². The maximum Gasteiger partial charge on any atom is 0.240 e. The highest BCUT2D eigenvalue weighted by Crippen LogP contribution is 2.15. The number of rotatable bonds is 9. The number of aliphatic imine (C=N–C) groups is 1. The van der Waals surface area contributed by atoms with Crippen molar-refractivity contribution in [1.82, 2.24) is 15.4 Å². The van der Waals surface area contributed by atoms with Crippen molar-refractivity contribution >= 4 is 40.0 Å². The SMILES string of the molecule is CCNC(=NCc1ccc(S(=O)(=O)NC)cc1)NCCC(O)c1ccccc1.I. The van der Waals surface area contributed by atoms with Gasteiger partial charge in [0.25, 0.3) is 0 Å². The molecule has 0 bridgehead atoms. The molecule has 0 radical (unpaired) electrons. The zero-order valence-electron chi connectivity index (χ0n) is 16.6. The van der Waals surface area contributed by atoms with Crippen LogP contribution in [0, 0.1) is 0 Å². The van der Waals surface area contributed by atoms with Crippen molar-refractivity contribution in [2.75, 3.05) is 20.1 Å². The number of aliphatic hydroxyl groups is 1. The van der Waals surface area contributed by atoms with E-state index in [9.17, 15) is 13.5 Å². The summed E-state index contributed by atoms with van der Waals surface area (Å²) in [4.78, 5) is 4.74. The highest BCUT2D eigenvalue weighted by atomic mass is 127. The van der Waals surface area contributed by atoms with E-state index in [0.717, 1.165) is 11.1 Å². The van der Waals surface area contributed by atoms with Crippen molar-refractivity contribution in [3.63, 3.8) is 0 Å². The lowest BCUT2D eigenvalue weighted by molar-refractivity contribution is 0.168. The molecule has 0 amide bonds. The molecule has 0 saturated heterocycles. The summed E-state index contributed by atoms with van der Waals surface area (Å²) in [6.07, 6.45) is 0.0311. The van der Waals surface area contributed by atoms with Crippen LogP contribution >= 0.6 is 24.0 Å². The highest BCUT2D eigenvalue weighted by Gasteiger charge is 2.10. The zero-order valence-corrected chi connectivity index (χ0v) is 19.8. The number of aliphatic hydroxyl groups excluding tert-OH is 1. The molecule has 0 aliphatic heterocycles. The Morgan fingerprint density at radius 3 is 2.31 bits per heavy atom. The molecule has 0 heterocycles. The van der Waals surface area contributed by atoms with Gasteiger partial charge in [-0.15, -0.1) is 24.0 Å². The molecular formula is C20H29IN4O3S. The van der Waals surface area contributed by atoms with Crippen LogP contribution in [0.25, 0.3) is 0 Å². The minimum atomic E-state index is -3.43. The molecule has 0 spiro atoms. The Kier molecular flexibility index (Phi) is 11.2. The highest BCUT2D eigenvalue weighted by molar-refractivity contribution is 14.0. The first-order valence-corrected chi connectivity index (χ1v) is 10.7. The third-order valence-electron chi connectivity index (χ3n) is 4.16. The van der Waals surface area contributed by atoms with Gasteiger partial charge in [-0.25, -0.2) is 18.1 Å². The molecule has 0 aliphatic carbocycles. The first-order valence-electron chi connectivity index (χ1n) is 9.24. The van der Waals surface area contributed by atoms with Crippen LogP contribution in [0.1, 0.15) is 30.6 Å². The maximum absolute atomic E-state index is 11.8. The predicted octanol–water partition coefficient (Wildman–Crippen LogP) is 2.39. The van der Waals surface area contributed by atoms with Gasteiger partial charge in [-0.05, 0) is 43.7 Å². The third kappa shape index (κ3) is 8.29. The topological polar surface area (TPSA) is 103 Å². The van der Waals surface area contributed by atoms with Crippen LogP contribution in [0.15, 0.2) is 64.5 Å². The minimum absolute atomic E-state index is 0. The Morgan fingerprint density at radius 1 is 1.07 bits per heavy atom. The van der Waals surface area contributed by atoms with Gasteiger partial charge in [0, 0.05) is 13.1 Å². The second kappa shape index (κ2) is 12.8. The van der Waals surface area contributed by atoms with E-state index in [-0.39, 0.29) is 28.9 Å². The van der Waals surface area contributed by atoms with E-state index < -0.39 is 16.1 Å². The molecule has 0 fully saturated rings. The molecular weight excluding hydrogens is 503 g/mol. The predicted molar refractivity (Wildman–Crippen MR) is 127 cm³/mol. The fourth-order valence-corrected chi connectivity index (χ4v) is 3.30. The minimum Gasteiger partial charge on any atom is -0.388 e. The van der Waals surface area contributed by atoms with Crippen molar-refractivity contribution in [2.24, 2.45) is 4.99 Å². The summed E-state index contributed by atoms with van der Waals surface area (Å²) in [5, 5.41) is 16.6. The van der Waals surface area contributed by atoms with Gasteiger partial charge in [0.2, 0.25) is 10.0 Å². The average molecular weight is 532 g/mol. The second-order valence-corrected chi connectivity index (χ2v) is 8.08. The molecule has 2 rings (SSSR count). The summed E-state index contributed by atoms with van der Waals surface area (Å²) in [5.74, 6) is 0.648. The van der Waals surface area contributed by atoms with Crippen molar-refractivity contribution in [3.05, 3.63) is 65.7 Å². The van der Waals surface area contributed by atoms with Crippen LogP contribution < -0.4 is 15.4 Å². The molecule has 2 aromatic rings. The van der Waals surface area contributed by atoms with Crippen LogP contribution in [0.4, 0.5) is 0 Å². The summed E-state index contributed by atoms with van der Waals surface area (Å²) in [5.41, 5.74) is 1.79. The number of halogens is 1. The molecule has 0 aromatic heterocycles. The first kappa shape index (κ1) is 25.3. The Morgan fingerprint density at radius 2 is 1.72 bits per heavy atom. The third-order valence-corrected chi connectivity index (χ3v) is 5.59. The lowest BCUT2D eigenvalue weighted by Crippen LogP contribution is -2.38. The molecule has 4 N–H and O–H groups in total. The van der Waals surface area contributed by atoms with Crippen molar-refractivity contribution < 1.29 is 13.5 Å². The van der Waals surface area contributed by atoms with Crippen LogP contribution in [0.2, 0.25) is 0 Å². The lowest BCUT2D eigenvalue weighted by atomic mass is 10.1. The molecule has 1 unspecified atom stereocenters. The van der Waals surface area contributed by atoms with E-state index >= 15 is 0 Å². The molecule has 0 aliphatic rings. The standard InChI is InChI=1S/C20H28N4O3S.HI/c1-3-22-20(23-14-13-19(25)17-7-5-4-6-8-17)24-15-16-9-11-18(12-10-16)28(26,27)21-2;/h4-12,19,21,25H,3,13-15H2,1-2H3,(H2,22,23,24);1H. The summed E-state index contributed by atoms with van der Waals surface area (Å²) in [6.45, 7) is 3.68. The van der Waals surface area contributed by atoms with Crippen molar-refractivity contribution in [1.29, 1.82) is 0 Å². The maximum atomic E-state index is 11.8. The van der Waals surface area contributed by atoms with E-state index in [1.165, 1.54) is 7.05 Å². The largest absolute Gasteiger partial charge is 0.388 e. The zero-order chi connectivity index (χ0) is 20.4. The van der Waals surface area contributed by atoms with E-state index in [1.54, 1.807) is 24.3 Å². The van der Waals surface area contributed by atoms with Gasteiger partial charge in [-0.3, -0.25) is 0 Å². The Balaban J connectivity index is 0.00000420. The average Bonchev–Trinajstić information content (AvgIpc) is 2.72. The summed E-state index contributed by atoms with van der Waals surface area (Å²) in [6, 6.07) is 16.2. The number of hydrogen-bond donors (Lipinski definition) is 4. The van der Waals surface area contributed by atoms with Crippen LogP contribution in [0.5, 0.6) is 0 Å². The van der Waals surface area contributed by atoms with Gasteiger partial charge in [0.1, 0.15) is 0 Å². The Bertz CT molecular complexity index is 859. The van der Waals surface area contributed by atoms with E-state index in [1.807, 2.05) is 37.3 Å². The van der Waals surface area contributed by atoms with Gasteiger partial charge in [-0.1, -0.05) is 42.5 Å². The number of sulfonamides is 1. The van der Waals surface area contributed by atoms with Crippen LogP contribution in [-0.4, -0.2) is 39.6 Å². The van der Waals surface area contributed by atoms with Gasteiger partial charge in [-0.2, -0.15) is 0 Å². The molecule has 0 saturated carbocycles. The Hall–Kier alpha value is -1.69. The number of nitrogens with one attached hydrogen (secondary N) is 3. The molecule has 7 nitrogen and oxygen atoms in total. The number of benzene rings is 2. The number of guanidine groups is 1. The Labute approximate surface area is 190 Å².